The minimum Gasteiger partial charge on any atom is -0.490 e. The summed E-state index contributed by atoms with van der Waals surface area (Å²) in [5.41, 5.74) is 0.522. The molecule has 1 aromatic heterocycles. The lowest BCUT2D eigenvalue weighted by molar-refractivity contribution is -0.137. The molecule has 1 atom stereocenters. The van der Waals surface area contributed by atoms with E-state index in [9.17, 15) is 18.0 Å². The minimum absolute atomic E-state index is 0.0147. The summed E-state index contributed by atoms with van der Waals surface area (Å²) >= 11 is 0. The van der Waals surface area contributed by atoms with Gasteiger partial charge in [-0.3, -0.25) is 4.79 Å². The van der Waals surface area contributed by atoms with Gasteiger partial charge in [0.05, 0.1) is 35.4 Å². The van der Waals surface area contributed by atoms with Crippen molar-refractivity contribution in [2.45, 2.75) is 45.9 Å². The summed E-state index contributed by atoms with van der Waals surface area (Å²) in [7, 11) is 0. The van der Waals surface area contributed by atoms with Crippen LogP contribution in [0.4, 0.5) is 13.2 Å². The lowest BCUT2D eigenvalue weighted by atomic mass is 10.1. The van der Waals surface area contributed by atoms with E-state index >= 15 is 0 Å². The maximum absolute atomic E-state index is 13.5. The van der Waals surface area contributed by atoms with E-state index < -0.39 is 17.3 Å². The maximum Gasteiger partial charge on any atom is 0.416 e. The second-order valence-electron chi connectivity index (χ2n) is 9.16. The third-order valence-electron chi connectivity index (χ3n) is 6.24. The molecule has 4 rings (SSSR count). The largest absolute Gasteiger partial charge is 0.490 e. The standard InChI is InChI=1S/C31H30F3N3O3/c1-5-11-22-16-21(17-27(39-7-3)28(22)40-20(4)6-2)19-35-37-29(23-12-10-13-24(18-23)31(32,33)34)36-26-15-9-8-14-25(26)30(37)38/h5,8-10,12-20H,1,6-7,11H2,2-4H3/t20-/m1/s1. The average Bonchev–Trinajstić information content (AvgIpc) is 2.94. The molecule has 0 aliphatic heterocycles. The van der Waals surface area contributed by atoms with Crippen LogP contribution >= 0.6 is 0 Å². The van der Waals surface area contributed by atoms with E-state index in [1.807, 2.05) is 26.8 Å². The second kappa shape index (κ2) is 12.2. The fraction of sp³-hybridized carbons (Fsp3) is 0.258. The summed E-state index contributed by atoms with van der Waals surface area (Å²) in [5, 5.41) is 4.70. The van der Waals surface area contributed by atoms with E-state index in [1.165, 1.54) is 18.3 Å². The molecule has 0 saturated carbocycles. The molecule has 0 spiro atoms. The van der Waals surface area contributed by atoms with Gasteiger partial charge in [-0.2, -0.15) is 22.9 Å². The van der Waals surface area contributed by atoms with Gasteiger partial charge in [-0.05, 0) is 68.7 Å². The molecule has 4 aromatic rings. The topological polar surface area (TPSA) is 65.7 Å². The zero-order valence-corrected chi connectivity index (χ0v) is 22.5. The van der Waals surface area contributed by atoms with E-state index in [0.29, 0.717) is 35.6 Å². The highest BCUT2D eigenvalue weighted by Crippen LogP contribution is 2.35. The van der Waals surface area contributed by atoms with E-state index in [2.05, 4.69) is 16.7 Å². The van der Waals surface area contributed by atoms with Crippen molar-refractivity contribution in [3.63, 3.8) is 0 Å². The van der Waals surface area contributed by atoms with Crippen LogP contribution < -0.4 is 15.0 Å². The minimum atomic E-state index is -4.56. The fourth-order valence-corrected chi connectivity index (χ4v) is 4.12. The first kappa shape index (κ1) is 28.6. The Morgan fingerprint density at radius 2 is 1.88 bits per heavy atom. The van der Waals surface area contributed by atoms with Crippen LogP contribution in [0.3, 0.4) is 0 Å². The first-order valence-corrected chi connectivity index (χ1v) is 13.0. The molecule has 0 saturated heterocycles. The number of hydrogen-bond donors (Lipinski definition) is 0. The van der Waals surface area contributed by atoms with Gasteiger partial charge in [-0.1, -0.05) is 37.3 Å². The van der Waals surface area contributed by atoms with Crippen LogP contribution in [0.25, 0.3) is 22.3 Å². The zero-order valence-electron chi connectivity index (χ0n) is 22.5. The Labute approximate surface area is 230 Å². The van der Waals surface area contributed by atoms with Gasteiger partial charge in [0, 0.05) is 11.1 Å². The Kier molecular flexibility index (Phi) is 8.72. The molecule has 0 N–H and O–H groups in total. The molecule has 0 fully saturated rings. The van der Waals surface area contributed by atoms with E-state index in [-0.39, 0.29) is 22.9 Å². The number of benzene rings is 3. The third-order valence-corrected chi connectivity index (χ3v) is 6.24. The molecular weight excluding hydrogens is 519 g/mol. The molecule has 0 aliphatic carbocycles. The highest BCUT2D eigenvalue weighted by molar-refractivity contribution is 5.83. The number of fused-ring (bicyclic) bond motifs is 1. The highest BCUT2D eigenvalue weighted by atomic mass is 19.4. The molecule has 0 bridgehead atoms. The van der Waals surface area contributed by atoms with Crippen LogP contribution in [0.2, 0.25) is 0 Å². The monoisotopic (exact) mass is 549 g/mol. The van der Waals surface area contributed by atoms with Gasteiger partial charge < -0.3 is 9.47 Å². The van der Waals surface area contributed by atoms with Crippen molar-refractivity contribution < 1.29 is 22.6 Å². The second-order valence-corrected chi connectivity index (χ2v) is 9.16. The first-order chi connectivity index (χ1) is 19.2. The van der Waals surface area contributed by atoms with Gasteiger partial charge in [0.15, 0.2) is 17.3 Å². The van der Waals surface area contributed by atoms with Crippen molar-refractivity contribution >= 4 is 17.1 Å². The quantitative estimate of drug-likeness (QED) is 0.154. The molecule has 1 heterocycles. The summed E-state index contributed by atoms with van der Waals surface area (Å²) in [5.74, 6) is 1.12. The average molecular weight is 550 g/mol. The smallest absolute Gasteiger partial charge is 0.416 e. The van der Waals surface area contributed by atoms with Crippen LogP contribution in [0.5, 0.6) is 11.5 Å². The molecule has 6 nitrogen and oxygen atoms in total. The zero-order chi connectivity index (χ0) is 28.9. The van der Waals surface area contributed by atoms with Crippen molar-refractivity contribution in [1.82, 2.24) is 9.66 Å². The van der Waals surface area contributed by atoms with Gasteiger partial charge in [-0.25, -0.2) is 4.98 Å². The van der Waals surface area contributed by atoms with Gasteiger partial charge >= 0.3 is 6.18 Å². The molecule has 0 amide bonds. The van der Waals surface area contributed by atoms with E-state index in [1.54, 1.807) is 36.4 Å². The van der Waals surface area contributed by atoms with E-state index in [0.717, 1.165) is 28.8 Å². The Morgan fingerprint density at radius 3 is 2.58 bits per heavy atom. The van der Waals surface area contributed by atoms with Gasteiger partial charge in [0.1, 0.15) is 0 Å². The van der Waals surface area contributed by atoms with Crippen LogP contribution in [-0.2, 0) is 12.6 Å². The SMILES string of the molecule is C=CCc1cc(C=Nn2c(-c3cccc(C(F)(F)F)c3)nc3ccccc3c2=O)cc(OCC)c1O[C@H](C)CC. The number of hydrogen-bond acceptors (Lipinski definition) is 5. The molecule has 0 aliphatic rings. The Bertz CT molecular complexity index is 1610. The van der Waals surface area contributed by atoms with Gasteiger partial charge in [0.2, 0.25) is 0 Å². The van der Waals surface area contributed by atoms with Crippen LogP contribution in [0, 0.1) is 0 Å². The Morgan fingerprint density at radius 1 is 1.10 bits per heavy atom. The fourth-order valence-electron chi connectivity index (χ4n) is 4.12. The predicted octanol–water partition coefficient (Wildman–Crippen LogP) is 7.27. The van der Waals surface area contributed by atoms with Crippen LogP contribution in [0.1, 0.15) is 43.9 Å². The van der Waals surface area contributed by atoms with Crippen molar-refractivity contribution in [2.75, 3.05) is 6.61 Å². The number of halogens is 3. The number of alkyl halides is 3. The molecule has 208 valence electrons. The third kappa shape index (κ3) is 6.25. The van der Waals surface area contributed by atoms with E-state index in [4.69, 9.17) is 9.47 Å². The summed E-state index contributed by atoms with van der Waals surface area (Å²) in [6.07, 6.45) is -0.0911. The first-order valence-electron chi connectivity index (χ1n) is 13.0. The normalized spacial score (nSPS) is 12.6. The van der Waals surface area contributed by atoms with Crippen molar-refractivity contribution in [3.8, 4) is 22.9 Å². The lowest BCUT2D eigenvalue weighted by Gasteiger charge is -2.20. The lowest BCUT2D eigenvalue weighted by Crippen LogP contribution is -2.20. The summed E-state index contributed by atoms with van der Waals surface area (Å²) in [4.78, 5) is 18.0. The van der Waals surface area contributed by atoms with Crippen LogP contribution in [0.15, 0.2) is 83.2 Å². The van der Waals surface area contributed by atoms with Gasteiger partial charge in [0.25, 0.3) is 5.56 Å². The number of para-hydroxylation sites is 1. The van der Waals surface area contributed by atoms with Crippen LogP contribution in [-0.4, -0.2) is 28.6 Å². The number of ether oxygens (including phenoxy) is 2. The van der Waals surface area contributed by atoms with Gasteiger partial charge in [-0.15, -0.1) is 6.58 Å². The molecule has 40 heavy (non-hydrogen) atoms. The summed E-state index contributed by atoms with van der Waals surface area (Å²) in [6, 6.07) is 14.9. The summed E-state index contributed by atoms with van der Waals surface area (Å²) < 4.78 is 53.5. The molecular formula is C31H30F3N3O3. The highest BCUT2D eigenvalue weighted by Gasteiger charge is 2.31. The summed E-state index contributed by atoms with van der Waals surface area (Å²) in [6.45, 7) is 10.1. The predicted molar refractivity (Wildman–Crippen MR) is 151 cm³/mol. The Balaban J connectivity index is 1.89. The number of allylic oxidation sites excluding steroid dienone is 1. The van der Waals surface area contributed by atoms with Crippen molar-refractivity contribution in [3.05, 3.63) is 100 Å². The maximum atomic E-state index is 13.5. The number of nitrogens with zero attached hydrogens (tertiary/aromatic N) is 3. The van der Waals surface area contributed by atoms with Crippen molar-refractivity contribution in [1.29, 1.82) is 0 Å². The molecule has 0 radical (unpaired) electrons. The number of aromatic nitrogens is 2. The number of rotatable bonds is 10. The molecule has 3 aromatic carbocycles. The Hall–Kier alpha value is -4.40. The molecule has 9 heteroatoms. The molecule has 0 unspecified atom stereocenters. The van der Waals surface area contributed by atoms with Crippen molar-refractivity contribution in [2.24, 2.45) is 5.10 Å².